The second kappa shape index (κ2) is 14.0. The molecule has 0 saturated carbocycles. The van der Waals surface area contributed by atoms with Crippen molar-refractivity contribution in [3.8, 4) is 11.5 Å². The first kappa shape index (κ1) is 33.5. The van der Waals surface area contributed by atoms with Crippen molar-refractivity contribution in [2.24, 2.45) is 0 Å². The van der Waals surface area contributed by atoms with Crippen LogP contribution in [0.5, 0.6) is 11.5 Å². The summed E-state index contributed by atoms with van der Waals surface area (Å²) in [4.78, 5) is 29.3. The number of halogens is 2. The molecule has 0 spiro atoms. The lowest BCUT2D eigenvalue weighted by atomic mass is 9.80. The summed E-state index contributed by atoms with van der Waals surface area (Å²) in [5.41, 5.74) is -0.189. The van der Waals surface area contributed by atoms with E-state index in [-0.39, 0.29) is 5.82 Å². The number of aliphatic hydroxyl groups is 1. The molecule has 12 heteroatoms. The maximum absolute atomic E-state index is 15.7. The predicted molar refractivity (Wildman–Crippen MR) is 176 cm³/mol. The van der Waals surface area contributed by atoms with Crippen LogP contribution in [0, 0.1) is 0 Å². The highest BCUT2D eigenvalue weighted by Crippen LogP contribution is 2.45. The normalized spacial score (nSPS) is 18.5. The third-order valence-electron chi connectivity index (χ3n) is 8.38. The summed E-state index contributed by atoms with van der Waals surface area (Å²) >= 11 is 0. The van der Waals surface area contributed by atoms with E-state index in [0.717, 1.165) is 6.20 Å². The van der Waals surface area contributed by atoms with Crippen molar-refractivity contribution in [2.75, 3.05) is 26.1 Å². The second-order valence-electron chi connectivity index (χ2n) is 11.3. The Kier molecular flexibility index (Phi) is 9.54. The van der Waals surface area contributed by atoms with E-state index in [4.69, 9.17) is 18.9 Å². The Morgan fingerprint density at radius 1 is 0.857 bits per heavy atom. The fourth-order valence-electron chi connectivity index (χ4n) is 5.83. The van der Waals surface area contributed by atoms with Crippen LogP contribution < -0.4 is 20.5 Å². The third kappa shape index (κ3) is 6.53. The number of alkyl halides is 2. The molecule has 49 heavy (non-hydrogen) atoms. The molecule has 5 aromatic rings. The molecule has 2 heterocycles. The number of nitrogens with zero attached hydrogens (tertiary/aromatic N) is 2. The van der Waals surface area contributed by atoms with Crippen molar-refractivity contribution >= 4 is 11.7 Å². The van der Waals surface area contributed by atoms with Crippen molar-refractivity contribution in [1.29, 1.82) is 0 Å². The van der Waals surface area contributed by atoms with Crippen LogP contribution in [0.15, 0.2) is 126 Å². The van der Waals surface area contributed by atoms with Crippen molar-refractivity contribution < 1.29 is 37.6 Å². The van der Waals surface area contributed by atoms with Crippen LogP contribution in [-0.2, 0) is 15.1 Å². The summed E-state index contributed by atoms with van der Waals surface area (Å²) < 4.78 is 55.0. The zero-order valence-corrected chi connectivity index (χ0v) is 26.5. The Balaban J connectivity index is 1.31. The summed E-state index contributed by atoms with van der Waals surface area (Å²) in [6.07, 6.45) is -5.08. The number of hydrogen-bond donors (Lipinski definition) is 2. The monoisotopic (exact) mass is 669 g/mol. The summed E-state index contributed by atoms with van der Waals surface area (Å²) in [6, 6.07) is 32.9. The molecule has 252 valence electrons. The van der Waals surface area contributed by atoms with E-state index in [2.05, 4.69) is 10.3 Å². The number of ether oxygens (including phenoxy) is 4. The maximum Gasteiger partial charge on any atom is 0.351 e. The number of rotatable bonds is 11. The van der Waals surface area contributed by atoms with Crippen LogP contribution in [0.3, 0.4) is 0 Å². The van der Waals surface area contributed by atoms with E-state index in [9.17, 15) is 14.7 Å². The van der Waals surface area contributed by atoms with E-state index in [0.29, 0.717) is 38.3 Å². The minimum Gasteiger partial charge on any atom is -0.497 e. The lowest BCUT2D eigenvalue weighted by Crippen LogP contribution is -2.43. The van der Waals surface area contributed by atoms with Crippen LogP contribution in [0.2, 0.25) is 0 Å². The van der Waals surface area contributed by atoms with Gasteiger partial charge in [0.1, 0.15) is 29.0 Å². The van der Waals surface area contributed by atoms with Gasteiger partial charge in [0, 0.05) is 11.8 Å². The van der Waals surface area contributed by atoms with Gasteiger partial charge in [-0.15, -0.1) is 0 Å². The van der Waals surface area contributed by atoms with Crippen LogP contribution in [0.1, 0.15) is 33.3 Å². The first-order chi connectivity index (χ1) is 23.7. The Hall–Kier alpha value is -5.43. The zero-order valence-electron chi connectivity index (χ0n) is 26.5. The molecule has 1 aliphatic heterocycles. The molecule has 1 aliphatic rings. The lowest BCUT2D eigenvalue weighted by molar-refractivity contribution is -0.141. The highest BCUT2D eigenvalue weighted by atomic mass is 19.3. The maximum atomic E-state index is 15.7. The van der Waals surface area contributed by atoms with Crippen molar-refractivity contribution in [3.05, 3.63) is 154 Å². The van der Waals surface area contributed by atoms with Gasteiger partial charge in [-0.05, 0) is 59.2 Å². The zero-order chi connectivity index (χ0) is 34.6. The number of methoxy groups -OCH3 is 2. The topological polar surface area (TPSA) is 121 Å². The lowest BCUT2D eigenvalue weighted by Gasteiger charge is -2.37. The summed E-state index contributed by atoms with van der Waals surface area (Å²) in [6.45, 7) is -0.506. The minimum atomic E-state index is -3.91. The van der Waals surface area contributed by atoms with E-state index < -0.39 is 48.2 Å². The van der Waals surface area contributed by atoms with Gasteiger partial charge in [0.2, 0.25) is 6.23 Å². The molecule has 1 unspecified atom stereocenters. The van der Waals surface area contributed by atoms with Gasteiger partial charge < -0.3 is 29.4 Å². The third-order valence-corrected chi connectivity index (χ3v) is 8.38. The van der Waals surface area contributed by atoms with Gasteiger partial charge in [-0.3, -0.25) is 9.36 Å². The number of carbonyl (C=O) groups excluding carboxylic acids is 1. The van der Waals surface area contributed by atoms with Crippen molar-refractivity contribution in [2.45, 2.75) is 30.0 Å². The smallest absolute Gasteiger partial charge is 0.351 e. The molecular formula is C37H33F2N3O7. The predicted octanol–water partition coefficient (Wildman–Crippen LogP) is 5.42. The van der Waals surface area contributed by atoms with Gasteiger partial charge >= 0.3 is 11.6 Å². The molecule has 10 nitrogen and oxygen atoms in total. The van der Waals surface area contributed by atoms with Gasteiger partial charge in [-0.1, -0.05) is 72.8 Å². The first-order valence-corrected chi connectivity index (χ1v) is 15.3. The molecule has 3 atom stereocenters. The molecule has 0 radical (unpaired) electrons. The van der Waals surface area contributed by atoms with Gasteiger partial charge in [0.15, 0.2) is 6.10 Å². The Morgan fingerprint density at radius 3 is 1.92 bits per heavy atom. The Labute approximate surface area is 280 Å². The highest BCUT2D eigenvalue weighted by molar-refractivity contribution is 6.03. The molecular weight excluding hydrogens is 636 g/mol. The molecule has 0 aliphatic carbocycles. The molecule has 1 amide bonds. The fourth-order valence-corrected chi connectivity index (χ4v) is 5.83. The number of anilines is 1. The number of aliphatic hydroxyl groups excluding tert-OH is 1. The number of benzene rings is 4. The molecule has 1 fully saturated rings. The molecule has 0 bridgehead atoms. The first-order valence-electron chi connectivity index (χ1n) is 15.3. The molecule has 4 aromatic carbocycles. The van der Waals surface area contributed by atoms with Crippen LogP contribution in [-0.4, -0.2) is 59.5 Å². The number of amides is 1. The average Bonchev–Trinajstić information content (AvgIpc) is 3.36. The Morgan fingerprint density at radius 2 is 1.39 bits per heavy atom. The second-order valence-corrected chi connectivity index (χ2v) is 11.3. The van der Waals surface area contributed by atoms with Crippen LogP contribution in [0.25, 0.3) is 0 Å². The molecule has 1 saturated heterocycles. The largest absolute Gasteiger partial charge is 0.497 e. The Bertz CT molecular complexity index is 1890. The molecule has 1 aromatic heterocycles. The van der Waals surface area contributed by atoms with Crippen LogP contribution in [0.4, 0.5) is 14.6 Å². The van der Waals surface area contributed by atoms with Crippen molar-refractivity contribution in [3.63, 3.8) is 0 Å². The number of hydrogen-bond acceptors (Lipinski definition) is 8. The number of aromatic nitrogens is 2. The van der Waals surface area contributed by atoms with Gasteiger partial charge in [-0.2, -0.15) is 13.8 Å². The summed E-state index contributed by atoms with van der Waals surface area (Å²) in [5, 5.41) is 13.4. The number of carbonyl (C=O) groups is 1. The summed E-state index contributed by atoms with van der Waals surface area (Å²) in [5.74, 6) is -3.38. The highest BCUT2D eigenvalue weighted by Gasteiger charge is 2.60. The van der Waals surface area contributed by atoms with Crippen molar-refractivity contribution in [1.82, 2.24) is 9.55 Å². The van der Waals surface area contributed by atoms with Crippen LogP contribution >= 0.6 is 0 Å². The summed E-state index contributed by atoms with van der Waals surface area (Å²) in [7, 11) is 3.09. The quantitative estimate of drug-likeness (QED) is 0.179. The van der Waals surface area contributed by atoms with Gasteiger partial charge in [0.25, 0.3) is 5.91 Å². The van der Waals surface area contributed by atoms with E-state index in [1.54, 1.807) is 68.8 Å². The van der Waals surface area contributed by atoms with E-state index in [1.165, 1.54) is 6.07 Å². The molecule has 2 N–H and O–H groups in total. The van der Waals surface area contributed by atoms with Gasteiger partial charge in [-0.25, -0.2) is 4.79 Å². The van der Waals surface area contributed by atoms with E-state index >= 15 is 8.78 Å². The fraction of sp³-hybridized carbons (Fsp3) is 0.216. The SMILES string of the molecule is COc1ccc(C(OC[C@H]2O[C@@H](n3ccc(NC(=O)c4ccccc4)nc3=O)C(F)(F)C2O)(c2ccccc2)c2ccc(OC)cc2)cc1. The molecule has 6 rings (SSSR count). The standard InChI is InChI=1S/C37H33F2N3O7/c1-46-28-17-13-26(14-18-28)36(25-11-7-4-8-12-25,27-15-19-29(47-2)20-16-27)48-23-30-32(43)37(38,39)34(49-30)42-22-21-31(41-35(42)45)40-33(44)24-9-5-3-6-10-24/h3-22,30,32,34,43H,23H2,1-2H3,(H,40,41,44,45)/t30-,32?,34-/m1/s1. The van der Waals surface area contributed by atoms with Gasteiger partial charge in [0.05, 0.1) is 20.8 Å². The van der Waals surface area contributed by atoms with E-state index in [1.807, 2.05) is 54.6 Å². The average molecular weight is 670 g/mol. The number of nitrogens with one attached hydrogen (secondary N) is 1. The minimum absolute atomic E-state index is 0.136.